The van der Waals surface area contributed by atoms with Gasteiger partial charge in [0, 0.05) is 42.2 Å². The van der Waals surface area contributed by atoms with Crippen LogP contribution in [0.25, 0.3) is 0 Å². The van der Waals surface area contributed by atoms with Crippen molar-refractivity contribution in [3.8, 4) is 0 Å². The first kappa shape index (κ1) is 13.3. The summed E-state index contributed by atoms with van der Waals surface area (Å²) >= 11 is 0. The molecule has 0 aliphatic heterocycles. The average molecular weight is 285 g/mol. The minimum Gasteiger partial charge on any atom is -0.477 e. The SMILES string of the molecule is O=C(O)c1ccccn1.[Ni].[Rh]. The van der Waals surface area contributed by atoms with Gasteiger partial charge in [0.1, 0.15) is 5.69 Å². The molecule has 0 saturated heterocycles. The van der Waals surface area contributed by atoms with Crippen LogP contribution in [0.3, 0.4) is 0 Å². The van der Waals surface area contributed by atoms with Gasteiger partial charge in [-0.2, -0.15) is 0 Å². The minimum absolute atomic E-state index is 0. The molecule has 1 aromatic heterocycles. The third-order valence-electron chi connectivity index (χ3n) is 0.884. The van der Waals surface area contributed by atoms with Crippen molar-refractivity contribution in [3.63, 3.8) is 0 Å². The number of aromatic nitrogens is 1. The number of rotatable bonds is 1. The van der Waals surface area contributed by atoms with Crippen molar-refractivity contribution in [1.82, 2.24) is 4.98 Å². The van der Waals surface area contributed by atoms with Gasteiger partial charge in [0.05, 0.1) is 0 Å². The van der Waals surface area contributed by atoms with Crippen LogP contribution in [0.4, 0.5) is 0 Å². The van der Waals surface area contributed by atoms with Crippen LogP contribution in [0, 0.1) is 0 Å². The zero-order valence-electron chi connectivity index (χ0n) is 5.26. The quantitative estimate of drug-likeness (QED) is 0.775. The predicted octanol–water partition coefficient (Wildman–Crippen LogP) is 0.775. The Hall–Kier alpha value is -0.263. The van der Waals surface area contributed by atoms with E-state index < -0.39 is 5.97 Å². The number of nitrogens with zero attached hydrogens (tertiary/aromatic N) is 1. The van der Waals surface area contributed by atoms with Gasteiger partial charge in [0.15, 0.2) is 0 Å². The summed E-state index contributed by atoms with van der Waals surface area (Å²) in [5.74, 6) is -0.990. The van der Waals surface area contributed by atoms with E-state index in [4.69, 9.17) is 5.11 Å². The molecule has 0 fully saturated rings. The molecule has 1 radical (unpaired) electrons. The van der Waals surface area contributed by atoms with Gasteiger partial charge in [0.25, 0.3) is 0 Å². The Labute approximate surface area is 86.9 Å². The van der Waals surface area contributed by atoms with Gasteiger partial charge < -0.3 is 5.11 Å². The number of hydrogen-bond donors (Lipinski definition) is 1. The van der Waals surface area contributed by atoms with Crippen LogP contribution in [-0.2, 0) is 36.0 Å². The average Bonchev–Trinajstić information content (AvgIpc) is 1.90. The van der Waals surface area contributed by atoms with Crippen molar-refractivity contribution >= 4 is 5.97 Å². The van der Waals surface area contributed by atoms with Gasteiger partial charge in [-0.3, -0.25) is 0 Å². The van der Waals surface area contributed by atoms with E-state index in [1.165, 1.54) is 12.3 Å². The molecule has 0 amide bonds. The maximum Gasteiger partial charge on any atom is 0.354 e. The third kappa shape index (κ3) is 4.23. The summed E-state index contributed by atoms with van der Waals surface area (Å²) in [4.78, 5) is 13.7. The van der Waals surface area contributed by atoms with E-state index in [9.17, 15) is 4.79 Å². The predicted molar refractivity (Wildman–Crippen MR) is 31.2 cm³/mol. The van der Waals surface area contributed by atoms with Crippen LogP contribution in [0.5, 0.6) is 0 Å². The molecule has 3 nitrogen and oxygen atoms in total. The third-order valence-corrected chi connectivity index (χ3v) is 0.884. The molecule has 0 bridgehead atoms. The second kappa shape index (κ2) is 6.45. The Balaban J connectivity index is 0. The van der Waals surface area contributed by atoms with Gasteiger partial charge in [-0.25, -0.2) is 9.78 Å². The number of carboxylic acids is 1. The van der Waals surface area contributed by atoms with Gasteiger partial charge >= 0.3 is 5.97 Å². The van der Waals surface area contributed by atoms with Gasteiger partial charge in [-0.1, -0.05) is 6.07 Å². The molecule has 0 atom stereocenters. The summed E-state index contributed by atoms with van der Waals surface area (Å²) in [6.45, 7) is 0. The van der Waals surface area contributed by atoms with Crippen molar-refractivity contribution in [2.45, 2.75) is 0 Å². The van der Waals surface area contributed by atoms with Gasteiger partial charge in [-0.05, 0) is 12.1 Å². The molecular weight excluding hydrogens is 280 g/mol. The van der Waals surface area contributed by atoms with Crippen molar-refractivity contribution in [2.24, 2.45) is 0 Å². The standard InChI is InChI=1S/C6H5NO2.Ni.Rh/c8-6(9)5-3-1-2-4-7-5;;/h1-4H,(H,8,9);;. The van der Waals surface area contributed by atoms with E-state index in [1.54, 1.807) is 12.1 Å². The molecule has 0 unspecified atom stereocenters. The second-order valence-corrected chi connectivity index (χ2v) is 1.52. The Morgan fingerprint density at radius 2 is 2.09 bits per heavy atom. The second-order valence-electron chi connectivity index (χ2n) is 1.52. The fourth-order valence-corrected chi connectivity index (χ4v) is 0.489. The Morgan fingerprint density at radius 3 is 2.36 bits per heavy atom. The molecule has 1 N–H and O–H groups in total. The smallest absolute Gasteiger partial charge is 0.354 e. The van der Waals surface area contributed by atoms with Gasteiger partial charge in [-0.15, -0.1) is 0 Å². The summed E-state index contributed by atoms with van der Waals surface area (Å²) in [7, 11) is 0. The van der Waals surface area contributed by atoms with Gasteiger partial charge in [0.2, 0.25) is 0 Å². The summed E-state index contributed by atoms with van der Waals surface area (Å²) in [6, 6.07) is 4.76. The van der Waals surface area contributed by atoms with E-state index >= 15 is 0 Å². The fourth-order valence-electron chi connectivity index (χ4n) is 0.489. The molecule has 0 saturated carbocycles. The topological polar surface area (TPSA) is 50.2 Å². The molecule has 1 heterocycles. The Kier molecular flexibility index (Phi) is 7.82. The molecular formula is C6H5NNiO2Rh. The van der Waals surface area contributed by atoms with Crippen LogP contribution in [-0.4, -0.2) is 16.1 Å². The summed E-state index contributed by atoms with van der Waals surface area (Å²) in [5, 5.41) is 8.32. The Morgan fingerprint density at radius 1 is 1.45 bits per heavy atom. The van der Waals surface area contributed by atoms with E-state index in [1.807, 2.05) is 0 Å². The van der Waals surface area contributed by atoms with E-state index in [0.717, 1.165) is 0 Å². The fraction of sp³-hybridized carbons (Fsp3) is 0. The van der Waals surface area contributed by atoms with Crippen LogP contribution >= 0.6 is 0 Å². The first-order valence-corrected chi connectivity index (χ1v) is 2.45. The number of carbonyl (C=O) groups is 1. The minimum atomic E-state index is -0.990. The number of pyridine rings is 1. The molecule has 0 aromatic carbocycles. The summed E-state index contributed by atoms with van der Waals surface area (Å²) < 4.78 is 0. The van der Waals surface area contributed by atoms with Crippen molar-refractivity contribution in [1.29, 1.82) is 0 Å². The first-order valence-electron chi connectivity index (χ1n) is 2.45. The Bertz CT molecular complexity index is 217. The van der Waals surface area contributed by atoms with E-state index in [0.29, 0.717) is 0 Å². The largest absolute Gasteiger partial charge is 0.477 e. The van der Waals surface area contributed by atoms with Crippen molar-refractivity contribution < 1.29 is 45.9 Å². The van der Waals surface area contributed by atoms with Crippen LogP contribution < -0.4 is 0 Å². The zero-order chi connectivity index (χ0) is 6.69. The first-order chi connectivity index (χ1) is 4.30. The van der Waals surface area contributed by atoms with Crippen LogP contribution in [0.15, 0.2) is 24.4 Å². The van der Waals surface area contributed by atoms with Crippen molar-refractivity contribution in [3.05, 3.63) is 30.1 Å². The number of hydrogen-bond acceptors (Lipinski definition) is 2. The maximum absolute atomic E-state index is 10.1. The molecule has 0 aliphatic rings. The monoisotopic (exact) mass is 284 g/mol. The van der Waals surface area contributed by atoms with Crippen LogP contribution in [0.2, 0.25) is 0 Å². The number of carboxylic acid groups (broad SMARTS) is 1. The normalized spacial score (nSPS) is 7.27. The molecule has 5 heteroatoms. The van der Waals surface area contributed by atoms with E-state index in [-0.39, 0.29) is 41.7 Å². The molecule has 65 valence electrons. The zero-order valence-corrected chi connectivity index (χ0v) is 7.89. The summed E-state index contributed by atoms with van der Waals surface area (Å²) in [6.07, 6.45) is 1.45. The van der Waals surface area contributed by atoms with Crippen molar-refractivity contribution in [2.75, 3.05) is 0 Å². The molecule has 1 rings (SSSR count). The number of aromatic carboxylic acids is 1. The summed E-state index contributed by atoms with van der Waals surface area (Å²) in [5.41, 5.74) is 0.0810. The molecule has 0 aliphatic carbocycles. The maximum atomic E-state index is 10.1. The molecule has 0 spiro atoms. The molecule has 1 aromatic rings. The van der Waals surface area contributed by atoms with E-state index in [2.05, 4.69) is 4.98 Å². The molecule has 11 heavy (non-hydrogen) atoms. The van der Waals surface area contributed by atoms with Crippen LogP contribution in [0.1, 0.15) is 10.5 Å².